The Morgan fingerprint density at radius 1 is 1.19 bits per heavy atom. The Hall–Kier alpha value is -1.62. The number of rotatable bonds is 1. The molecule has 0 saturated carbocycles. The molecule has 1 N–H and O–H groups in total. The van der Waals surface area contributed by atoms with Crippen molar-refractivity contribution in [3.63, 3.8) is 0 Å². The molecule has 0 aliphatic rings. The number of hydrogen-bond acceptors (Lipinski definition) is 2. The SMILES string of the molecule is OC(c1ccc2ncccc2c1)C(F)(F)F. The molecule has 1 aromatic heterocycles. The van der Waals surface area contributed by atoms with E-state index in [0.717, 1.165) is 0 Å². The van der Waals surface area contributed by atoms with E-state index in [0.29, 0.717) is 10.9 Å². The molecule has 16 heavy (non-hydrogen) atoms. The van der Waals surface area contributed by atoms with Gasteiger partial charge in [-0.15, -0.1) is 0 Å². The Kier molecular flexibility index (Phi) is 2.55. The summed E-state index contributed by atoms with van der Waals surface area (Å²) in [5.41, 5.74) is 0.425. The molecule has 0 saturated heterocycles. The Bertz CT molecular complexity index is 510. The van der Waals surface area contributed by atoms with Gasteiger partial charge in [0.1, 0.15) is 0 Å². The van der Waals surface area contributed by atoms with Gasteiger partial charge in [-0.1, -0.05) is 12.1 Å². The smallest absolute Gasteiger partial charge is 0.379 e. The van der Waals surface area contributed by atoms with E-state index >= 15 is 0 Å². The highest BCUT2D eigenvalue weighted by atomic mass is 19.4. The minimum Gasteiger partial charge on any atom is -0.379 e. The maximum absolute atomic E-state index is 12.3. The molecular formula is C11H8F3NO. The van der Waals surface area contributed by atoms with E-state index in [1.165, 1.54) is 18.2 Å². The normalized spacial score (nSPS) is 14.0. The summed E-state index contributed by atoms with van der Waals surface area (Å²) in [5.74, 6) is 0. The van der Waals surface area contributed by atoms with Crippen LogP contribution in [-0.4, -0.2) is 16.3 Å². The van der Waals surface area contributed by atoms with Crippen LogP contribution in [0.4, 0.5) is 13.2 Å². The molecule has 0 fully saturated rings. The molecule has 0 bridgehead atoms. The van der Waals surface area contributed by atoms with Crippen molar-refractivity contribution in [1.29, 1.82) is 0 Å². The number of aliphatic hydroxyl groups is 1. The summed E-state index contributed by atoms with van der Waals surface area (Å²) >= 11 is 0. The highest BCUT2D eigenvalue weighted by molar-refractivity contribution is 5.79. The van der Waals surface area contributed by atoms with Crippen LogP contribution < -0.4 is 0 Å². The Balaban J connectivity index is 2.47. The Morgan fingerprint density at radius 3 is 2.62 bits per heavy atom. The van der Waals surface area contributed by atoms with Crippen molar-refractivity contribution < 1.29 is 18.3 Å². The van der Waals surface area contributed by atoms with E-state index < -0.39 is 12.3 Å². The molecule has 2 aromatic rings. The molecule has 0 aliphatic carbocycles. The van der Waals surface area contributed by atoms with Gasteiger partial charge in [-0.3, -0.25) is 4.98 Å². The van der Waals surface area contributed by atoms with E-state index in [9.17, 15) is 13.2 Å². The average molecular weight is 227 g/mol. The number of alkyl halides is 3. The molecule has 1 aromatic carbocycles. The fraction of sp³-hybridized carbons (Fsp3) is 0.182. The molecule has 2 nitrogen and oxygen atoms in total. The number of halogens is 3. The van der Waals surface area contributed by atoms with E-state index in [1.807, 2.05) is 0 Å². The van der Waals surface area contributed by atoms with Gasteiger partial charge >= 0.3 is 6.18 Å². The van der Waals surface area contributed by atoms with Crippen molar-refractivity contribution in [1.82, 2.24) is 4.98 Å². The van der Waals surface area contributed by atoms with E-state index in [4.69, 9.17) is 5.11 Å². The third-order valence-corrected chi connectivity index (χ3v) is 2.25. The fourth-order valence-corrected chi connectivity index (χ4v) is 1.45. The first-order chi connectivity index (χ1) is 7.48. The first-order valence-electron chi connectivity index (χ1n) is 4.58. The molecule has 1 unspecified atom stereocenters. The van der Waals surface area contributed by atoms with Gasteiger partial charge in [0.25, 0.3) is 0 Å². The van der Waals surface area contributed by atoms with Crippen LogP contribution >= 0.6 is 0 Å². The predicted molar refractivity (Wildman–Crippen MR) is 52.8 cm³/mol. The summed E-state index contributed by atoms with van der Waals surface area (Å²) in [4.78, 5) is 3.98. The second-order valence-electron chi connectivity index (χ2n) is 3.40. The highest BCUT2D eigenvalue weighted by Crippen LogP contribution is 2.33. The average Bonchev–Trinajstić information content (AvgIpc) is 2.26. The number of benzene rings is 1. The lowest BCUT2D eigenvalue weighted by Gasteiger charge is -2.14. The molecule has 0 aliphatic heterocycles. The highest BCUT2D eigenvalue weighted by Gasteiger charge is 2.39. The Morgan fingerprint density at radius 2 is 1.94 bits per heavy atom. The van der Waals surface area contributed by atoms with Crippen LogP contribution in [0.1, 0.15) is 11.7 Å². The summed E-state index contributed by atoms with van der Waals surface area (Å²) < 4.78 is 36.8. The summed E-state index contributed by atoms with van der Waals surface area (Å²) in [6, 6.07) is 7.26. The molecule has 1 atom stereocenters. The number of hydrogen-bond donors (Lipinski definition) is 1. The first-order valence-corrected chi connectivity index (χ1v) is 4.58. The number of nitrogens with zero attached hydrogens (tertiary/aromatic N) is 1. The summed E-state index contributed by atoms with van der Waals surface area (Å²) in [5, 5.41) is 9.64. The van der Waals surface area contributed by atoms with Gasteiger partial charge in [0, 0.05) is 11.6 Å². The lowest BCUT2D eigenvalue weighted by molar-refractivity contribution is -0.206. The lowest BCUT2D eigenvalue weighted by atomic mass is 10.1. The molecule has 5 heteroatoms. The van der Waals surface area contributed by atoms with Crippen molar-refractivity contribution in [3.8, 4) is 0 Å². The molecule has 0 radical (unpaired) electrons. The van der Waals surface area contributed by atoms with E-state index in [1.54, 1.807) is 18.3 Å². The predicted octanol–water partition coefficient (Wildman–Crippen LogP) is 2.83. The third kappa shape index (κ3) is 1.99. The number of pyridine rings is 1. The quantitative estimate of drug-likeness (QED) is 0.812. The van der Waals surface area contributed by atoms with Crippen molar-refractivity contribution in [2.45, 2.75) is 12.3 Å². The Labute approximate surface area is 89.4 Å². The fourth-order valence-electron chi connectivity index (χ4n) is 1.45. The molecule has 84 valence electrons. The first kappa shape index (κ1) is 10.9. The van der Waals surface area contributed by atoms with Crippen molar-refractivity contribution >= 4 is 10.9 Å². The summed E-state index contributed by atoms with van der Waals surface area (Å²) in [6.07, 6.45) is -5.53. The van der Waals surface area contributed by atoms with Gasteiger partial charge in [-0.2, -0.15) is 13.2 Å². The standard InChI is InChI=1S/C11H8F3NO/c12-11(13,14)10(16)8-3-4-9-7(6-8)2-1-5-15-9/h1-6,10,16H. The molecular weight excluding hydrogens is 219 g/mol. The number of fused-ring (bicyclic) bond motifs is 1. The number of aliphatic hydroxyl groups excluding tert-OH is 1. The van der Waals surface area contributed by atoms with Crippen LogP contribution in [0.15, 0.2) is 36.5 Å². The van der Waals surface area contributed by atoms with Crippen LogP contribution in [0, 0.1) is 0 Å². The minimum absolute atomic E-state index is 0.173. The molecule has 2 rings (SSSR count). The van der Waals surface area contributed by atoms with Crippen molar-refractivity contribution in [2.24, 2.45) is 0 Å². The number of aromatic nitrogens is 1. The summed E-state index contributed by atoms with van der Waals surface area (Å²) in [7, 11) is 0. The molecule has 1 heterocycles. The zero-order valence-electron chi connectivity index (χ0n) is 8.07. The maximum Gasteiger partial charge on any atom is 0.418 e. The van der Waals surface area contributed by atoms with Crippen molar-refractivity contribution in [2.75, 3.05) is 0 Å². The zero-order valence-corrected chi connectivity index (χ0v) is 8.07. The zero-order chi connectivity index (χ0) is 11.8. The largest absolute Gasteiger partial charge is 0.418 e. The van der Waals surface area contributed by atoms with Gasteiger partial charge in [0.05, 0.1) is 5.52 Å². The van der Waals surface area contributed by atoms with Gasteiger partial charge in [-0.05, 0) is 23.8 Å². The summed E-state index contributed by atoms with van der Waals surface area (Å²) in [6.45, 7) is 0. The van der Waals surface area contributed by atoms with Crippen LogP contribution in [-0.2, 0) is 0 Å². The van der Waals surface area contributed by atoms with Gasteiger partial charge < -0.3 is 5.11 Å². The topological polar surface area (TPSA) is 33.1 Å². The van der Waals surface area contributed by atoms with Gasteiger partial charge in [-0.25, -0.2) is 0 Å². The second kappa shape index (κ2) is 3.75. The van der Waals surface area contributed by atoms with Gasteiger partial charge in [0.2, 0.25) is 0 Å². The monoisotopic (exact) mass is 227 g/mol. The third-order valence-electron chi connectivity index (χ3n) is 2.25. The lowest BCUT2D eigenvalue weighted by Crippen LogP contribution is -2.20. The van der Waals surface area contributed by atoms with Crippen LogP contribution in [0.5, 0.6) is 0 Å². The maximum atomic E-state index is 12.3. The minimum atomic E-state index is -4.64. The molecule has 0 spiro atoms. The van der Waals surface area contributed by atoms with Crippen LogP contribution in [0.25, 0.3) is 10.9 Å². The van der Waals surface area contributed by atoms with E-state index in [2.05, 4.69) is 4.98 Å². The van der Waals surface area contributed by atoms with Crippen LogP contribution in [0.3, 0.4) is 0 Å². The van der Waals surface area contributed by atoms with Gasteiger partial charge in [0.15, 0.2) is 6.10 Å². The molecule has 0 amide bonds. The van der Waals surface area contributed by atoms with Crippen molar-refractivity contribution in [3.05, 3.63) is 42.1 Å². The van der Waals surface area contributed by atoms with Crippen LogP contribution in [0.2, 0.25) is 0 Å². The van der Waals surface area contributed by atoms with E-state index in [-0.39, 0.29) is 5.56 Å². The second-order valence-corrected chi connectivity index (χ2v) is 3.40.